The summed E-state index contributed by atoms with van der Waals surface area (Å²) in [5.41, 5.74) is 1.49. The molecule has 0 saturated heterocycles. The highest BCUT2D eigenvalue weighted by Gasteiger charge is 2.10. The topological polar surface area (TPSA) is 46.4 Å². The summed E-state index contributed by atoms with van der Waals surface area (Å²) in [5, 5.41) is 5.07. The number of aromatic nitrogens is 2. The number of amides is 1. The lowest BCUT2D eigenvalue weighted by molar-refractivity contribution is -0.117. The molecule has 0 saturated carbocycles. The molecule has 0 bridgehead atoms. The second-order valence-corrected chi connectivity index (χ2v) is 6.19. The minimum atomic E-state index is -0.303. The predicted molar refractivity (Wildman–Crippen MR) is 90.1 cm³/mol. The van der Waals surface area contributed by atoms with Crippen molar-refractivity contribution in [2.45, 2.75) is 13.0 Å². The molecule has 0 fully saturated rings. The summed E-state index contributed by atoms with van der Waals surface area (Å²) >= 11 is 7.53. The Hall–Kier alpha value is -2.18. The maximum absolute atomic E-state index is 12.9. The van der Waals surface area contributed by atoms with Gasteiger partial charge in [0.25, 0.3) is 0 Å². The molecule has 2 aromatic heterocycles. The normalized spacial score (nSPS) is 12.8. The zero-order chi connectivity index (χ0) is 16.4. The number of imidazole rings is 1. The third kappa shape index (κ3) is 3.43. The SMILES string of the molecule is CC(NC(=O)/C=C/c1c(Cl)nc2sccn12)c1ccc(F)cc1. The molecule has 1 amide bonds. The highest BCUT2D eigenvalue weighted by atomic mass is 35.5. The van der Waals surface area contributed by atoms with Crippen molar-refractivity contribution in [3.05, 3.63) is 64.1 Å². The van der Waals surface area contributed by atoms with Gasteiger partial charge in [0.05, 0.1) is 11.7 Å². The zero-order valence-corrected chi connectivity index (χ0v) is 13.7. The van der Waals surface area contributed by atoms with E-state index >= 15 is 0 Å². The number of thiazole rings is 1. The van der Waals surface area contributed by atoms with Crippen LogP contribution in [0.1, 0.15) is 24.2 Å². The standard InChI is InChI=1S/C16H13ClFN3OS/c1-10(11-2-4-12(18)5-3-11)19-14(22)7-6-13-15(17)20-16-21(13)8-9-23-16/h2-10H,1H3,(H,19,22)/b7-6+. The van der Waals surface area contributed by atoms with Gasteiger partial charge < -0.3 is 5.32 Å². The first kappa shape index (κ1) is 15.7. The van der Waals surface area contributed by atoms with Crippen molar-refractivity contribution >= 4 is 39.9 Å². The number of halogens is 2. The lowest BCUT2D eigenvalue weighted by Crippen LogP contribution is -2.24. The Bertz CT molecular complexity index is 869. The molecule has 1 aromatic carbocycles. The van der Waals surface area contributed by atoms with E-state index in [0.717, 1.165) is 10.5 Å². The Morgan fingerprint density at radius 2 is 2.17 bits per heavy atom. The van der Waals surface area contributed by atoms with Crippen LogP contribution in [0.4, 0.5) is 4.39 Å². The van der Waals surface area contributed by atoms with Crippen LogP contribution in [0.3, 0.4) is 0 Å². The molecule has 118 valence electrons. The molecule has 1 atom stereocenters. The van der Waals surface area contributed by atoms with Crippen molar-refractivity contribution in [2.24, 2.45) is 0 Å². The van der Waals surface area contributed by atoms with Gasteiger partial charge in [-0.15, -0.1) is 11.3 Å². The van der Waals surface area contributed by atoms with E-state index < -0.39 is 0 Å². The Morgan fingerprint density at radius 3 is 2.91 bits per heavy atom. The maximum atomic E-state index is 12.9. The molecule has 0 radical (unpaired) electrons. The van der Waals surface area contributed by atoms with Crippen molar-refractivity contribution in [2.75, 3.05) is 0 Å². The fraction of sp³-hybridized carbons (Fsp3) is 0.125. The maximum Gasteiger partial charge on any atom is 0.244 e. The minimum Gasteiger partial charge on any atom is -0.346 e. The third-order valence-corrected chi connectivity index (χ3v) is 4.41. The average molecular weight is 350 g/mol. The van der Waals surface area contributed by atoms with Crippen LogP contribution in [-0.4, -0.2) is 15.3 Å². The minimum absolute atomic E-state index is 0.227. The van der Waals surface area contributed by atoms with Gasteiger partial charge in [-0.1, -0.05) is 23.7 Å². The number of nitrogens with zero attached hydrogens (tertiary/aromatic N) is 2. The predicted octanol–water partition coefficient (Wildman–Crippen LogP) is 4.08. The van der Waals surface area contributed by atoms with E-state index in [-0.39, 0.29) is 17.8 Å². The average Bonchev–Trinajstić information content (AvgIpc) is 3.06. The number of carbonyl (C=O) groups is 1. The molecular formula is C16H13ClFN3OS. The van der Waals surface area contributed by atoms with Gasteiger partial charge in [0, 0.05) is 17.7 Å². The summed E-state index contributed by atoms with van der Waals surface area (Å²) in [5.74, 6) is -0.564. The van der Waals surface area contributed by atoms with Crippen molar-refractivity contribution in [1.82, 2.24) is 14.7 Å². The van der Waals surface area contributed by atoms with Gasteiger partial charge in [-0.2, -0.15) is 0 Å². The summed E-state index contributed by atoms with van der Waals surface area (Å²) in [7, 11) is 0. The highest BCUT2D eigenvalue weighted by Crippen LogP contribution is 2.22. The van der Waals surface area contributed by atoms with Crippen LogP contribution in [0.25, 0.3) is 11.0 Å². The van der Waals surface area contributed by atoms with E-state index in [1.165, 1.54) is 29.5 Å². The van der Waals surface area contributed by atoms with Crippen LogP contribution in [0.15, 0.2) is 41.9 Å². The first-order valence-electron chi connectivity index (χ1n) is 6.89. The quantitative estimate of drug-likeness (QED) is 0.721. The van der Waals surface area contributed by atoms with E-state index in [9.17, 15) is 9.18 Å². The van der Waals surface area contributed by atoms with Gasteiger partial charge >= 0.3 is 0 Å². The molecule has 7 heteroatoms. The highest BCUT2D eigenvalue weighted by molar-refractivity contribution is 7.15. The van der Waals surface area contributed by atoms with Gasteiger partial charge in [-0.3, -0.25) is 9.20 Å². The van der Waals surface area contributed by atoms with Crippen molar-refractivity contribution in [3.63, 3.8) is 0 Å². The summed E-state index contributed by atoms with van der Waals surface area (Å²) in [4.78, 5) is 17.0. The molecule has 3 aromatic rings. The van der Waals surface area contributed by atoms with Crippen LogP contribution in [0.2, 0.25) is 5.15 Å². The second-order valence-electron chi connectivity index (χ2n) is 4.96. The summed E-state index contributed by atoms with van der Waals surface area (Å²) in [6, 6.07) is 5.80. The molecule has 0 spiro atoms. The first-order valence-corrected chi connectivity index (χ1v) is 8.15. The molecule has 1 unspecified atom stereocenters. The molecule has 0 aliphatic carbocycles. The monoisotopic (exact) mass is 349 g/mol. The smallest absolute Gasteiger partial charge is 0.244 e. The molecule has 1 N–H and O–H groups in total. The summed E-state index contributed by atoms with van der Waals surface area (Å²) < 4.78 is 14.7. The molecule has 4 nitrogen and oxygen atoms in total. The third-order valence-electron chi connectivity index (χ3n) is 3.38. The lowest BCUT2D eigenvalue weighted by Gasteiger charge is -2.12. The van der Waals surface area contributed by atoms with Crippen molar-refractivity contribution < 1.29 is 9.18 Å². The number of nitrogens with one attached hydrogen (secondary N) is 1. The Morgan fingerprint density at radius 1 is 1.43 bits per heavy atom. The van der Waals surface area contributed by atoms with Crippen LogP contribution in [0.5, 0.6) is 0 Å². The van der Waals surface area contributed by atoms with Crippen LogP contribution in [0, 0.1) is 5.82 Å². The van der Waals surface area contributed by atoms with Gasteiger partial charge in [-0.25, -0.2) is 9.37 Å². The molecule has 2 heterocycles. The van der Waals surface area contributed by atoms with E-state index in [2.05, 4.69) is 10.3 Å². The van der Waals surface area contributed by atoms with E-state index in [1.54, 1.807) is 18.2 Å². The van der Waals surface area contributed by atoms with Gasteiger partial charge in [0.15, 0.2) is 10.1 Å². The fourth-order valence-corrected chi connectivity index (χ4v) is 3.18. The molecule has 0 aliphatic heterocycles. The van der Waals surface area contributed by atoms with E-state index in [4.69, 9.17) is 11.6 Å². The fourth-order valence-electron chi connectivity index (χ4n) is 2.18. The molecule has 23 heavy (non-hydrogen) atoms. The van der Waals surface area contributed by atoms with Gasteiger partial charge in [-0.05, 0) is 30.7 Å². The van der Waals surface area contributed by atoms with Crippen molar-refractivity contribution in [1.29, 1.82) is 0 Å². The number of fused-ring (bicyclic) bond motifs is 1. The van der Waals surface area contributed by atoms with Gasteiger partial charge in [0.2, 0.25) is 5.91 Å². The van der Waals surface area contributed by atoms with Gasteiger partial charge in [0.1, 0.15) is 5.82 Å². The van der Waals surface area contributed by atoms with E-state index in [1.807, 2.05) is 22.9 Å². The molecule has 3 rings (SSSR count). The first-order chi connectivity index (χ1) is 11.0. The summed E-state index contributed by atoms with van der Waals surface area (Å²) in [6.45, 7) is 1.84. The van der Waals surface area contributed by atoms with Crippen LogP contribution >= 0.6 is 22.9 Å². The van der Waals surface area contributed by atoms with Crippen LogP contribution < -0.4 is 5.32 Å². The largest absolute Gasteiger partial charge is 0.346 e. The summed E-state index contributed by atoms with van der Waals surface area (Å²) in [6.07, 6.45) is 4.88. The Kier molecular flexibility index (Phi) is 4.45. The van der Waals surface area contributed by atoms with Crippen molar-refractivity contribution in [3.8, 4) is 0 Å². The molecule has 0 aliphatic rings. The Balaban J connectivity index is 1.70. The van der Waals surface area contributed by atoms with Crippen LogP contribution in [-0.2, 0) is 4.79 Å². The Labute approximate surface area is 141 Å². The number of hydrogen-bond donors (Lipinski definition) is 1. The number of benzene rings is 1. The number of rotatable bonds is 4. The second kappa shape index (κ2) is 6.52. The lowest BCUT2D eigenvalue weighted by atomic mass is 10.1. The molecular weight excluding hydrogens is 337 g/mol. The zero-order valence-electron chi connectivity index (χ0n) is 12.2. The number of hydrogen-bond acceptors (Lipinski definition) is 3. The number of carbonyl (C=O) groups excluding carboxylic acids is 1. The van der Waals surface area contributed by atoms with E-state index in [0.29, 0.717) is 10.8 Å².